The monoisotopic (exact) mass is 337 g/mol. The van der Waals surface area contributed by atoms with E-state index in [2.05, 4.69) is 39.6 Å². The summed E-state index contributed by atoms with van der Waals surface area (Å²) in [4.78, 5) is 21.8. The third kappa shape index (κ3) is 4.36. The molecule has 0 aliphatic carbocycles. The van der Waals surface area contributed by atoms with Crippen LogP contribution >= 0.6 is 0 Å². The molecule has 0 spiro atoms. The molecule has 0 radical (unpaired) electrons. The van der Waals surface area contributed by atoms with Gasteiger partial charge >= 0.3 is 6.03 Å². The van der Waals surface area contributed by atoms with Crippen molar-refractivity contribution >= 4 is 28.3 Å². The van der Waals surface area contributed by atoms with Crippen LogP contribution in [0.25, 0.3) is 10.9 Å². The van der Waals surface area contributed by atoms with Crippen LogP contribution in [0, 0.1) is 6.92 Å². The Bertz CT molecular complexity index is 884. The minimum Gasteiger partial charge on any atom is -0.361 e. The number of H-pyrrole nitrogens is 1. The summed E-state index contributed by atoms with van der Waals surface area (Å²) in [7, 11) is 4.12. The van der Waals surface area contributed by atoms with Gasteiger partial charge in [-0.15, -0.1) is 0 Å². The van der Waals surface area contributed by atoms with E-state index >= 15 is 0 Å². The van der Waals surface area contributed by atoms with E-state index in [0.29, 0.717) is 0 Å². The Morgan fingerprint density at radius 1 is 1.16 bits per heavy atom. The number of anilines is 2. The molecule has 0 unspecified atom stereocenters. The first kappa shape index (κ1) is 17.0. The zero-order valence-corrected chi connectivity index (χ0v) is 14.8. The average Bonchev–Trinajstić information content (AvgIpc) is 2.95. The molecule has 1 aromatic carbocycles. The molecule has 2 heterocycles. The van der Waals surface area contributed by atoms with Crippen LogP contribution in [0.1, 0.15) is 11.3 Å². The van der Waals surface area contributed by atoms with Crippen molar-refractivity contribution in [2.24, 2.45) is 0 Å². The lowest BCUT2D eigenvalue weighted by Gasteiger charge is -2.10. The van der Waals surface area contributed by atoms with Crippen LogP contribution in [0.15, 0.2) is 42.7 Å². The molecular formula is C19H23N5O. The third-order valence-electron chi connectivity index (χ3n) is 4.01. The van der Waals surface area contributed by atoms with Gasteiger partial charge in [0.15, 0.2) is 0 Å². The number of likely N-dealkylation sites (N-methyl/N-ethyl adjacent to an activating group) is 1. The second kappa shape index (κ2) is 7.36. The molecule has 3 aromatic rings. The van der Waals surface area contributed by atoms with Crippen LogP contribution in [0.2, 0.25) is 0 Å². The van der Waals surface area contributed by atoms with Gasteiger partial charge in [-0.25, -0.2) is 4.79 Å². The Hall–Kier alpha value is -2.86. The van der Waals surface area contributed by atoms with E-state index in [9.17, 15) is 4.79 Å². The van der Waals surface area contributed by atoms with Crippen LogP contribution in [0.3, 0.4) is 0 Å². The first-order valence-electron chi connectivity index (χ1n) is 8.26. The largest absolute Gasteiger partial charge is 0.361 e. The molecular weight excluding hydrogens is 314 g/mol. The van der Waals surface area contributed by atoms with Crippen molar-refractivity contribution in [3.05, 3.63) is 54.0 Å². The normalized spacial score (nSPS) is 11.0. The van der Waals surface area contributed by atoms with Gasteiger partial charge in [0.1, 0.15) is 0 Å². The number of pyridine rings is 1. The SMILES string of the molecule is Cc1cc(NC(=O)Nc2ccc3[nH]cc(CCN(C)C)c3c2)ccn1. The molecule has 6 nitrogen and oxygen atoms in total. The number of hydrogen-bond acceptors (Lipinski definition) is 3. The van der Waals surface area contributed by atoms with E-state index < -0.39 is 0 Å². The molecule has 0 saturated heterocycles. The maximum absolute atomic E-state index is 12.2. The van der Waals surface area contributed by atoms with E-state index in [-0.39, 0.29) is 6.03 Å². The fraction of sp³-hybridized carbons (Fsp3) is 0.263. The fourth-order valence-electron chi connectivity index (χ4n) is 2.72. The van der Waals surface area contributed by atoms with Crippen molar-refractivity contribution in [2.75, 3.05) is 31.3 Å². The van der Waals surface area contributed by atoms with E-state index in [1.54, 1.807) is 12.3 Å². The van der Waals surface area contributed by atoms with Crippen LogP contribution in [0.4, 0.5) is 16.2 Å². The highest BCUT2D eigenvalue weighted by atomic mass is 16.2. The van der Waals surface area contributed by atoms with Crippen molar-refractivity contribution in [2.45, 2.75) is 13.3 Å². The van der Waals surface area contributed by atoms with Gasteiger partial charge in [-0.1, -0.05) is 0 Å². The summed E-state index contributed by atoms with van der Waals surface area (Å²) >= 11 is 0. The molecule has 0 atom stereocenters. The second-order valence-electron chi connectivity index (χ2n) is 6.39. The zero-order chi connectivity index (χ0) is 17.8. The lowest BCUT2D eigenvalue weighted by molar-refractivity contribution is 0.262. The second-order valence-corrected chi connectivity index (χ2v) is 6.39. The molecule has 25 heavy (non-hydrogen) atoms. The van der Waals surface area contributed by atoms with E-state index in [0.717, 1.165) is 40.9 Å². The van der Waals surface area contributed by atoms with Crippen LogP contribution in [-0.2, 0) is 6.42 Å². The standard InChI is InChI=1S/C19H23N5O/c1-13-10-16(6-8-20-13)23-19(25)22-15-4-5-18-17(11-15)14(12-21-18)7-9-24(2)3/h4-6,8,10-12,21H,7,9H2,1-3H3,(H2,20,22,23,25). The van der Waals surface area contributed by atoms with Crippen molar-refractivity contribution < 1.29 is 4.79 Å². The summed E-state index contributed by atoms with van der Waals surface area (Å²) in [5, 5.41) is 6.85. The Morgan fingerprint density at radius 3 is 2.64 bits per heavy atom. The lowest BCUT2D eigenvalue weighted by Crippen LogP contribution is -2.19. The van der Waals surface area contributed by atoms with Crippen LogP contribution in [0.5, 0.6) is 0 Å². The number of rotatable bonds is 5. The topological polar surface area (TPSA) is 73.1 Å². The van der Waals surface area contributed by atoms with Crippen molar-refractivity contribution in [1.29, 1.82) is 0 Å². The molecule has 130 valence electrons. The van der Waals surface area contributed by atoms with E-state index in [1.807, 2.05) is 37.4 Å². The summed E-state index contributed by atoms with van der Waals surface area (Å²) in [6.45, 7) is 2.87. The lowest BCUT2D eigenvalue weighted by atomic mass is 10.1. The number of urea groups is 1. The first-order valence-corrected chi connectivity index (χ1v) is 8.26. The molecule has 0 fully saturated rings. The number of hydrogen-bond donors (Lipinski definition) is 3. The predicted octanol–water partition coefficient (Wildman–Crippen LogP) is 3.62. The summed E-state index contributed by atoms with van der Waals surface area (Å²) < 4.78 is 0. The molecule has 0 aliphatic heterocycles. The van der Waals surface area contributed by atoms with Crippen molar-refractivity contribution in [1.82, 2.24) is 14.9 Å². The number of aromatic amines is 1. The molecule has 0 aliphatic rings. The van der Waals surface area contributed by atoms with Crippen molar-refractivity contribution in [3.63, 3.8) is 0 Å². The number of nitrogens with one attached hydrogen (secondary N) is 3. The Labute approximate surface area is 147 Å². The van der Waals surface area contributed by atoms with Gasteiger partial charge in [-0.05, 0) is 63.3 Å². The molecule has 2 amide bonds. The Morgan fingerprint density at radius 2 is 1.92 bits per heavy atom. The Kier molecular flexibility index (Phi) is 5.00. The van der Waals surface area contributed by atoms with Gasteiger partial charge in [0.05, 0.1) is 0 Å². The third-order valence-corrected chi connectivity index (χ3v) is 4.01. The van der Waals surface area contributed by atoms with E-state index in [4.69, 9.17) is 0 Å². The van der Waals surface area contributed by atoms with Crippen LogP contribution < -0.4 is 10.6 Å². The summed E-state index contributed by atoms with van der Waals surface area (Å²) in [6, 6.07) is 9.21. The number of amides is 2. The fourth-order valence-corrected chi connectivity index (χ4v) is 2.72. The van der Waals surface area contributed by atoms with Crippen molar-refractivity contribution in [3.8, 4) is 0 Å². The van der Waals surface area contributed by atoms with Gasteiger partial charge in [-0.2, -0.15) is 0 Å². The number of fused-ring (bicyclic) bond motifs is 1. The number of carbonyl (C=O) groups excluding carboxylic acids is 1. The first-order chi connectivity index (χ1) is 12.0. The molecule has 3 rings (SSSR count). The van der Waals surface area contributed by atoms with Gasteiger partial charge in [0.25, 0.3) is 0 Å². The summed E-state index contributed by atoms with van der Waals surface area (Å²) in [6.07, 6.45) is 4.67. The van der Waals surface area contributed by atoms with Gasteiger partial charge in [0.2, 0.25) is 0 Å². The Balaban J connectivity index is 1.72. The van der Waals surface area contributed by atoms with E-state index in [1.165, 1.54) is 5.56 Å². The molecule has 3 N–H and O–H groups in total. The highest BCUT2D eigenvalue weighted by Gasteiger charge is 2.08. The highest BCUT2D eigenvalue weighted by molar-refractivity contribution is 6.01. The number of nitrogens with zero attached hydrogens (tertiary/aromatic N) is 2. The molecule has 0 saturated carbocycles. The average molecular weight is 337 g/mol. The summed E-state index contributed by atoms with van der Waals surface area (Å²) in [5.41, 5.74) is 4.67. The highest BCUT2D eigenvalue weighted by Crippen LogP contribution is 2.23. The zero-order valence-electron chi connectivity index (χ0n) is 14.8. The number of aryl methyl sites for hydroxylation is 1. The molecule has 2 aromatic heterocycles. The number of aromatic nitrogens is 2. The quantitative estimate of drug-likeness (QED) is 0.666. The molecule has 0 bridgehead atoms. The summed E-state index contributed by atoms with van der Waals surface area (Å²) in [5.74, 6) is 0. The van der Waals surface area contributed by atoms with Gasteiger partial charge in [-0.3, -0.25) is 4.98 Å². The number of benzene rings is 1. The van der Waals surface area contributed by atoms with Gasteiger partial charge < -0.3 is 20.5 Å². The minimum absolute atomic E-state index is 0.268. The molecule has 6 heteroatoms. The maximum Gasteiger partial charge on any atom is 0.323 e. The smallest absolute Gasteiger partial charge is 0.323 e. The number of carbonyl (C=O) groups is 1. The van der Waals surface area contributed by atoms with Crippen LogP contribution in [-0.4, -0.2) is 41.5 Å². The van der Waals surface area contributed by atoms with Gasteiger partial charge in [0, 0.05) is 46.9 Å². The minimum atomic E-state index is -0.268. The maximum atomic E-state index is 12.2. The predicted molar refractivity (Wildman–Crippen MR) is 102 cm³/mol.